The monoisotopic (exact) mass is 838 g/mol. The van der Waals surface area contributed by atoms with Crippen molar-refractivity contribution in [2.24, 2.45) is 17.8 Å². The molecule has 4 aliphatic rings. The van der Waals surface area contributed by atoms with Crippen LogP contribution in [-0.4, -0.2) is 104 Å². The van der Waals surface area contributed by atoms with Crippen molar-refractivity contribution in [3.63, 3.8) is 0 Å². The van der Waals surface area contributed by atoms with Gasteiger partial charge in [0.2, 0.25) is 21.8 Å². The summed E-state index contributed by atoms with van der Waals surface area (Å²) in [5, 5.41) is 13.8. The zero-order valence-corrected chi connectivity index (χ0v) is 34.3. The number of hydrogen-bond acceptors (Lipinski definition) is 10. The molecule has 2 aromatic heterocycles. The fraction of sp³-hybridized carbons (Fsp3) is 0.632. The van der Waals surface area contributed by atoms with E-state index in [0.29, 0.717) is 56.0 Å². The maximum Gasteiger partial charge on any atom is 0.411 e. The molecule has 57 heavy (non-hydrogen) atoms. The third kappa shape index (κ3) is 8.36. The smallest absolute Gasteiger partial charge is 0.411 e. The van der Waals surface area contributed by atoms with Crippen molar-refractivity contribution in [1.29, 1.82) is 0 Å². The second kappa shape index (κ2) is 15.2. The van der Waals surface area contributed by atoms with Gasteiger partial charge in [-0.3, -0.25) is 29.0 Å². The molecule has 3 N–H and O–H groups in total. The summed E-state index contributed by atoms with van der Waals surface area (Å²) in [7, 11) is -4.11. The fourth-order valence-electron chi connectivity index (χ4n) is 7.85. The Morgan fingerprint density at radius 2 is 1.86 bits per heavy atom. The lowest BCUT2D eigenvalue weighted by molar-refractivity contribution is -0.222. The summed E-state index contributed by atoms with van der Waals surface area (Å²) >= 11 is 1.41. The maximum atomic E-state index is 14.9. The number of sulfonamides is 1. The lowest BCUT2D eigenvalue weighted by Crippen LogP contribution is -2.66. The van der Waals surface area contributed by atoms with Gasteiger partial charge in [0.05, 0.1) is 11.3 Å². The molecular weight excluding hydrogens is 790 g/mol. The van der Waals surface area contributed by atoms with E-state index in [1.165, 1.54) is 31.4 Å². The Morgan fingerprint density at radius 3 is 2.47 bits per heavy atom. The molecule has 6 rings (SSSR count). The quantitative estimate of drug-likeness (QED) is 0.289. The molecule has 4 amide bonds. The van der Waals surface area contributed by atoms with E-state index in [-0.39, 0.29) is 36.6 Å². The number of ether oxygens (including phenoxy) is 1. The molecule has 2 aromatic rings. The molecular formula is C38H49F3N6O8S2. The SMILES string of the molecule is Cc1cnc(-c2cc(O[C@@H]3C[C@H]4C(=O)N[C@]5(C(=O)NS(=O)(=O)C6(C)CC6)C[C@H]5/C=C\CC[C@@H](C)C[C@@H](C)[C@H](N(C(=O)O)C(C)(C)C(F)(F)F)C(=O)N4C3)ccn2)s1. The van der Waals surface area contributed by atoms with Crippen LogP contribution in [0.3, 0.4) is 0 Å². The molecule has 0 spiro atoms. The van der Waals surface area contributed by atoms with Crippen molar-refractivity contribution >= 4 is 45.2 Å². The zero-order valence-electron chi connectivity index (χ0n) is 32.6. The Morgan fingerprint density at radius 1 is 1.16 bits per heavy atom. The number of hydrogen-bond donors (Lipinski definition) is 3. The van der Waals surface area contributed by atoms with Crippen LogP contribution in [0.25, 0.3) is 10.7 Å². The largest absolute Gasteiger partial charge is 0.488 e. The van der Waals surface area contributed by atoms with Gasteiger partial charge in [-0.2, -0.15) is 13.2 Å². The number of carboxylic acid groups (broad SMARTS) is 1. The summed E-state index contributed by atoms with van der Waals surface area (Å²) in [6.45, 7) is 7.86. The summed E-state index contributed by atoms with van der Waals surface area (Å²) in [6, 6.07) is -0.137. The van der Waals surface area contributed by atoms with Crippen LogP contribution in [0, 0.1) is 24.7 Å². The first-order valence-electron chi connectivity index (χ1n) is 19.0. The number of fused-ring (bicyclic) bond motifs is 2. The van der Waals surface area contributed by atoms with Crippen LogP contribution in [0.2, 0.25) is 0 Å². The average molecular weight is 839 g/mol. The first-order valence-corrected chi connectivity index (χ1v) is 21.3. The van der Waals surface area contributed by atoms with Gasteiger partial charge >= 0.3 is 12.3 Å². The van der Waals surface area contributed by atoms with Gasteiger partial charge in [-0.05, 0) is 84.1 Å². The summed E-state index contributed by atoms with van der Waals surface area (Å²) in [4.78, 5) is 67.1. The van der Waals surface area contributed by atoms with Crippen LogP contribution in [0.1, 0.15) is 84.4 Å². The van der Waals surface area contributed by atoms with Crippen molar-refractivity contribution in [3.05, 3.63) is 41.6 Å². The van der Waals surface area contributed by atoms with E-state index in [1.54, 1.807) is 24.4 Å². The van der Waals surface area contributed by atoms with E-state index in [2.05, 4.69) is 20.0 Å². The van der Waals surface area contributed by atoms with Crippen LogP contribution in [0.4, 0.5) is 18.0 Å². The molecule has 7 atom stereocenters. The number of alkyl halides is 3. The van der Waals surface area contributed by atoms with Crippen molar-refractivity contribution in [2.75, 3.05) is 6.54 Å². The number of pyridine rings is 1. The lowest BCUT2D eigenvalue weighted by Gasteiger charge is -2.45. The Labute approximate surface area is 333 Å². The second-order valence-corrected chi connectivity index (χ2v) is 20.2. The first-order chi connectivity index (χ1) is 26.5. The molecule has 2 saturated carbocycles. The molecule has 4 heterocycles. The number of halogens is 3. The number of carbonyl (C=O) groups excluding carboxylic acids is 3. The summed E-state index contributed by atoms with van der Waals surface area (Å²) in [5.74, 6) is -4.23. The van der Waals surface area contributed by atoms with Gasteiger partial charge in [-0.15, -0.1) is 11.3 Å². The van der Waals surface area contributed by atoms with Gasteiger partial charge in [-0.1, -0.05) is 26.0 Å². The molecule has 0 aromatic carbocycles. The van der Waals surface area contributed by atoms with Crippen LogP contribution in [0.5, 0.6) is 5.75 Å². The number of carbonyl (C=O) groups is 4. The average Bonchev–Trinajstić information content (AvgIpc) is 3.91. The third-order valence-corrected chi connectivity index (χ3v) is 15.0. The van der Waals surface area contributed by atoms with Crippen LogP contribution in [-0.2, 0) is 24.4 Å². The van der Waals surface area contributed by atoms with Gasteiger partial charge in [0.25, 0.3) is 5.91 Å². The number of allylic oxidation sites excluding steroid dienone is 1. The van der Waals surface area contributed by atoms with Crippen molar-refractivity contribution in [2.45, 2.75) is 127 Å². The minimum absolute atomic E-state index is 0.0612. The van der Waals surface area contributed by atoms with Crippen molar-refractivity contribution < 1.29 is 50.6 Å². The van der Waals surface area contributed by atoms with Crippen LogP contribution < -0.4 is 14.8 Å². The molecule has 0 unspecified atom stereocenters. The Bertz CT molecular complexity index is 2050. The van der Waals surface area contributed by atoms with Gasteiger partial charge < -0.3 is 20.1 Å². The summed E-state index contributed by atoms with van der Waals surface area (Å²) in [5.41, 5.74) is -4.22. The molecule has 14 nitrogen and oxygen atoms in total. The van der Waals surface area contributed by atoms with Gasteiger partial charge in [-0.25, -0.2) is 18.2 Å². The minimum atomic E-state index is -5.08. The number of nitrogens with one attached hydrogen (secondary N) is 2. The third-order valence-electron chi connectivity index (χ3n) is 11.9. The van der Waals surface area contributed by atoms with E-state index in [1.807, 2.05) is 19.9 Å². The number of rotatable bonds is 8. The van der Waals surface area contributed by atoms with Gasteiger partial charge in [0, 0.05) is 35.7 Å². The normalized spacial score (nSPS) is 29.8. The number of aryl methyl sites for hydroxylation is 1. The van der Waals surface area contributed by atoms with E-state index in [0.717, 1.165) is 9.78 Å². The van der Waals surface area contributed by atoms with E-state index < -0.39 is 85.9 Å². The highest BCUT2D eigenvalue weighted by Crippen LogP contribution is 2.48. The van der Waals surface area contributed by atoms with Crippen molar-refractivity contribution in [1.82, 2.24) is 29.8 Å². The topological polar surface area (TPSA) is 188 Å². The molecule has 3 fully saturated rings. The van der Waals surface area contributed by atoms with Gasteiger partial charge in [0.1, 0.15) is 45.7 Å². The van der Waals surface area contributed by atoms with E-state index in [4.69, 9.17) is 4.74 Å². The Kier molecular flexibility index (Phi) is 11.3. The minimum Gasteiger partial charge on any atom is -0.488 e. The number of nitrogens with zero attached hydrogens (tertiary/aromatic N) is 4. The van der Waals surface area contributed by atoms with Gasteiger partial charge in [0.15, 0.2) is 0 Å². The highest BCUT2D eigenvalue weighted by molar-refractivity contribution is 7.91. The standard InChI is InChI=1S/C38H49F3N6O8S2/c1-21-9-7-8-10-24-18-37(24,33(50)45-57(53,54)36(6)12-13-36)44-30(48)28-17-26(55-25-11-14-42-27(16-25)31-43-19-23(3)56-31)20-46(28)32(49)29(22(2)15-21)47(34(51)52)35(4,5)38(39,40)41/h8,10-11,14,16,19,21-22,24,26,28-29H,7,9,12-13,15,17-18,20H2,1-6H3,(H,44,48)(H,45,50)(H,51,52)/b10-8-/t21-,22-,24-,26-,28+,29+,37-/m1/s1. The zero-order chi connectivity index (χ0) is 41.9. The summed E-state index contributed by atoms with van der Waals surface area (Å²) < 4.78 is 77.7. The number of amides is 4. The van der Waals surface area contributed by atoms with Crippen LogP contribution >= 0.6 is 11.3 Å². The highest BCUT2D eigenvalue weighted by Gasteiger charge is 2.64. The number of thiazole rings is 1. The number of aromatic nitrogens is 2. The van der Waals surface area contributed by atoms with Crippen LogP contribution in [0.15, 0.2) is 36.7 Å². The predicted molar refractivity (Wildman–Crippen MR) is 203 cm³/mol. The first kappa shape index (κ1) is 42.3. The molecule has 312 valence electrons. The predicted octanol–water partition coefficient (Wildman–Crippen LogP) is 5.44. The fourth-order valence-corrected chi connectivity index (χ4v) is 9.90. The molecule has 0 radical (unpaired) electrons. The molecule has 19 heteroatoms. The maximum absolute atomic E-state index is 14.9. The molecule has 2 aliphatic carbocycles. The Balaban J connectivity index is 1.40. The molecule has 0 bridgehead atoms. The van der Waals surface area contributed by atoms with E-state index in [9.17, 15) is 45.9 Å². The van der Waals surface area contributed by atoms with Crippen molar-refractivity contribution in [3.8, 4) is 16.5 Å². The second-order valence-electron chi connectivity index (χ2n) is 16.8. The Hall–Kier alpha value is -4.26. The molecule has 1 saturated heterocycles. The van der Waals surface area contributed by atoms with E-state index >= 15 is 0 Å². The highest BCUT2D eigenvalue weighted by atomic mass is 32.2. The summed E-state index contributed by atoms with van der Waals surface area (Å²) in [6.07, 6.45) is 0.519. The molecule has 2 aliphatic heterocycles. The lowest BCUT2D eigenvalue weighted by atomic mass is 9.85.